The third kappa shape index (κ3) is 1.36. The van der Waals surface area contributed by atoms with E-state index in [-0.39, 0.29) is 0 Å². The van der Waals surface area contributed by atoms with Crippen LogP contribution in [-0.2, 0) is 12.8 Å². The molecule has 14 heavy (non-hydrogen) atoms. The molecule has 2 heterocycles. The van der Waals surface area contributed by atoms with Gasteiger partial charge < -0.3 is 0 Å². The van der Waals surface area contributed by atoms with Crippen LogP contribution < -0.4 is 0 Å². The molecule has 3 rings (SSSR count). The lowest BCUT2D eigenvalue weighted by Gasteiger charge is -2.36. The average Bonchev–Trinajstić information content (AvgIpc) is 2.47. The molecule has 1 aromatic rings. The number of H-pyrrole nitrogens is 1. The summed E-state index contributed by atoms with van der Waals surface area (Å²) in [7, 11) is 0. The summed E-state index contributed by atoms with van der Waals surface area (Å²) >= 11 is 0. The van der Waals surface area contributed by atoms with E-state index in [1.54, 1.807) is 0 Å². The molecule has 1 aromatic heterocycles. The second-order valence-corrected chi connectivity index (χ2v) is 4.49. The molecule has 1 fully saturated rings. The first-order chi connectivity index (χ1) is 6.93. The molecule has 0 unspecified atom stereocenters. The summed E-state index contributed by atoms with van der Waals surface area (Å²) in [4.78, 5) is 2.66. The van der Waals surface area contributed by atoms with Crippen LogP contribution in [-0.4, -0.2) is 34.2 Å². The predicted octanol–water partition coefficient (Wildman–Crippen LogP) is 1.36. The second kappa shape index (κ2) is 3.39. The standard InChI is InChI=1S/C11H17N3/c1-2-10(3-1)14-6-4-9-8-12-13-11(9)5-7-14/h8,10H,1-7H2,(H,12,13). The van der Waals surface area contributed by atoms with Gasteiger partial charge in [-0.15, -0.1) is 0 Å². The Morgan fingerprint density at radius 3 is 2.93 bits per heavy atom. The monoisotopic (exact) mass is 191 g/mol. The summed E-state index contributed by atoms with van der Waals surface area (Å²) in [6, 6.07) is 0.895. The number of nitrogens with zero attached hydrogens (tertiary/aromatic N) is 2. The van der Waals surface area contributed by atoms with Crippen LogP contribution in [0.2, 0.25) is 0 Å². The maximum absolute atomic E-state index is 4.11. The van der Waals surface area contributed by atoms with Crippen molar-refractivity contribution >= 4 is 0 Å². The molecular weight excluding hydrogens is 174 g/mol. The SMILES string of the molecule is c1n[nH]c2c1CCN(C1CCC1)CC2. The van der Waals surface area contributed by atoms with Crippen LogP contribution in [0.3, 0.4) is 0 Å². The highest BCUT2D eigenvalue weighted by molar-refractivity contribution is 5.18. The van der Waals surface area contributed by atoms with Gasteiger partial charge in [0.05, 0.1) is 6.20 Å². The van der Waals surface area contributed by atoms with Gasteiger partial charge in [-0.3, -0.25) is 10.00 Å². The van der Waals surface area contributed by atoms with Gasteiger partial charge >= 0.3 is 0 Å². The van der Waals surface area contributed by atoms with E-state index in [9.17, 15) is 0 Å². The number of aromatic amines is 1. The minimum absolute atomic E-state index is 0.895. The van der Waals surface area contributed by atoms with E-state index < -0.39 is 0 Å². The predicted molar refractivity (Wildman–Crippen MR) is 55.2 cm³/mol. The summed E-state index contributed by atoms with van der Waals surface area (Å²) in [5, 5.41) is 7.22. The first-order valence-corrected chi connectivity index (χ1v) is 5.68. The van der Waals surface area contributed by atoms with E-state index in [2.05, 4.69) is 15.1 Å². The van der Waals surface area contributed by atoms with Crippen molar-refractivity contribution in [2.75, 3.05) is 13.1 Å². The Hall–Kier alpha value is -0.830. The Morgan fingerprint density at radius 2 is 2.14 bits per heavy atom. The fraction of sp³-hybridized carbons (Fsp3) is 0.727. The second-order valence-electron chi connectivity index (χ2n) is 4.49. The van der Waals surface area contributed by atoms with Crippen molar-refractivity contribution in [2.24, 2.45) is 0 Å². The Bertz CT molecular complexity index is 292. The van der Waals surface area contributed by atoms with Crippen molar-refractivity contribution in [3.8, 4) is 0 Å². The number of nitrogens with one attached hydrogen (secondary N) is 1. The summed E-state index contributed by atoms with van der Waals surface area (Å²) in [5.74, 6) is 0. The highest BCUT2D eigenvalue weighted by Crippen LogP contribution is 2.26. The van der Waals surface area contributed by atoms with Crippen LogP contribution in [0.5, 0.6) is 0 Å². The molecule has 0 amide bonds. The van der Waals surface area contributed by atoms with Crippen LogP contribution in [0.25, 0.3) is 0 Å². The Kier molecular flexibility index (Phi) is 2.05. The van der Waals surface area contributed by atoms with Crippen molar-refractivity contribution in [3.05, 3.63) is 17.5 Å². The van der Waals surface area contributed by atoms with Crippen LogP contribution in [0.15, 0.2) is 6.20 Å². The van der Waals surface area contributed by atoms with Gasteiger partial charge in [0.2, 0.25) is 0 Å². The molecule has 2 aliphatic rings. The van der Waals surface area contributed by atoms with E-state index in [0.29, 0.717) is 0 Å². The van der Waals surface area contributed by atoms with Gasteiger partial charge in [0.25, 0.3) is 0 Å². The number of hydrogen-bond acceptors (Lipinski definition) is 2. The molecule has 0 aromatic carbocycles. The van der Waals surface area contributed by atoms with Gasteiger partial charge in [-0.25, -0.2) is 0 Å². The molecule has 1 aliphatic carbocycles. The lowest BCUT2D eigenvalue weighted by molar-refractivity contribution is 0.133. The smallest absolute Gasteiger partial charge is 0.0522 e. The maximum atomic E-state index is 4.11. The third-order valence-corrected chi connectivity index (χ3v) is 3.72. The fourth-order valence-electron chi connectivity index (χ4n) is 2.52. The van der Waals surface area contributed by atoms with Crippen LogP contribution in [0.4, 0.5) is 0 Å². The fourth-order valence-corrected chi connectivity index (χ4v) is 2.52. The Balaban J connectivity index is 1.70. The van der Waals surface area contributed by atoms with Gasteiger partial charge in [0.1, 0.15) is 0 Å². The maximum Gasteiger partial charge on any atom is 0.0522 e. The molecular formula is C11H17N3. The normalized spacial score (nSPS) is 24.0. The molecule has 3 nitrogen and oxygen atoms in total. The molecule has 76 valence electrons. The first-order valence-electron chi connectivity index (χ1n) is 5.68. The molecule has 0 atom stereocenters. The zero-order chi connectivity index (χ0) is 9.38. The van der Waals surface area contributed by atoms with E-state index in [4.69, 9.17) is 0 Å². The Labute approximate surface area is 84.5 Å². The molecule has 1 saturated carbocycles. The molecule has 1 N–H and O–H groups in total. The van der Waals surface area contributed by atoms with E-state index in [1.807, 2.05) is 6.20 Å². The number of hydrogen-bond donors (Lipinski definition) is 1. The Morgan fingerprint density at radius 1 is 1.29 bits per heavy atom. The van der Waals surface area contributed by atoms with Gasteiger partial charge in [-0.1, -0.05) is 6.42 Å². The quantitative estimate of drug-likeness (QED) is 0.727. The highest BCUT2D eigenvalue weighted by Gasteiger charge is 2.26. The van der Waals surface area contributed by atoms with Crippen molar-refractivity contribution in [3.63, 3.8) is 0 Å². The third-order valence-electron chi connectivity index (χ3n) is 3.72. The van der Waals surface area contributed by atoms with Crippen LogP contribution >= 0.6 is 0 Å². The molecule has 0 spiro atoms. The lowest BCUT2D eigenvalue weighted by atomic mass is 9.91. The van der Waals surface area contributed by atoms with Gasteiger partial charge in [-0.2, -0.15) is 5.10 Å². The van der Waals surface area contributed by atoms with E-state index in [1.165, 1.54) is 50.0 Å². The molecule has 0 radical (unpaired) electrons. The lowest BCUT2D eigenvalue weighted by Crippen LogP contribution is -2.41. The number of rotatable bonds is 1. The van der Waals surface area contributed by atoms with Gasteiger partial charge in [0, 0.05) is 31.2 Å². The van der Waals surface area contributed by atoms with Crippen molar-refractivity contribution in [1.29, 1.82) is 0 Å². The summed E-state index contributed by atoms with van der Waals surface area (Å²) in [6.45, 7) is 2.46. The van der Waals surface area contributed by atoms with E-state index in [0.717, 1.165) is 12.5 Å². The zero-order valence-corrected chi connectivity index (χ0v) is 8.50. The molecule has 0 saturated heterocycles. The highest BCUT2D eigenvalue weighted by atomic mass is 15.2. The van der Waals surface area contributed by atoms with Crippen LogP contribution in [0, 0.1) is 0 Å². The van der Waals surface area contributed by atoms with Gasteiger partial charge in [0.15, 0.2) is 0 Å². The van der Waals surface area contributed by atoms with Gasteiger partial charge in [-0.05, 0) is 24.8 Å². The van der Waals surface area contributed by atoms with E-state index >= 15 is 0 Å². The molecule has 3 heteroatoms. The van der Waals surface area contributed by atoms with Crippen LogP contribution in [0.1, 0.15) is 30.5 Å². The number of fused-ring (bicyclic) bond motifs is 1. The number of aromatic nitrogens is 2. The topological polar surface area (TPSA) is 31.9 Å². The van der Waals surface area contributed by atoms with Crippen molar-refractivity contribution < 1.29 is 0 Å². The largest absolute Gasteiger partial charge is 0.300 e. The average molecular weight is 191 g/mol. The summed E-state index contributed by atoms with van der Waals surface area (Å²) in [6.07, 6.45) is 8.63. The molecule has 1 aliphatic heterocycles. The first kappa shape index (κ1) is 8.48. The summed E-state index contributed by atoms with van der Waals surface area (Å²) in [5.41, 5.74) is 2.80. The minimum Gasteiger partial charge on any atom is -0.300 e. The van der Waals surface area contributed by atoms with Crippen molar-refractivity contribution in [2.45, 2.75) is 38.1 Å². The zero-order valence-electron chi connectivity index (χ0n) is 8.50. The molecule has 0 bridgehead atoms. The van der Waals surface area contributed by atoms with Crippen molar-refractivity contribution in [1.82, 2.24) is 15.1 Å². The summed E-state index contributed by atoms with van der Waals surface area (Å²) < 4.78 is 0. The minimum atomic E-state index is 0.895.